The number of alkyl halides is 1. The van der Waals surface area contributed by atoms with Crippen molar-refractivity contribution < 1.29 is 9.50 Å². The van der Waals surface area contributed by atoms with Crippen molar-refractivity contribution in [1.29, 1.82) is 0 Å². The van der Waals surface area contributed by atoms with Gasteiger partial charge in [0.2, 0.25) is 0 Å². The minimum absolute atomic E-state index is 0.0868. The number of hydrogen-bond acceptors (Lipinski definition) is 1. The predicted octanol–water partition coefficient (Wildman–Crippen LogP) is 1.75. The molecule has 0 radical (unpaired) electrons. The van der Waals surface area contributed by atoms with Gasteiger partial charge in [-0.25, -0.2) is 4.39 Å². The minimum Gasteiger partial charge on any atom is -0.513 e. The maximum atomic E-state index is 11.4. The van der Waals surface area contributed by atoms with Crippen LogP contribution < -0.4 is 0 Å². The van der Waals surface area contributed by atoms with Gasteiger partial charge in [-0.05, 0) is 0 Å². The van der Waals surface area contributed by atoms with Crippen LogP contribution in [-0.4, -0.2) is 10.4 Å². The Morgan fingerprint density at radius 2 is 2.50 bits per heavy atom. The van der Waals surface area contributed by atoms with Gasteiger partial charge in [0, 0.05) is 0 Å². The van der Waals surface area contributed by atoms with Gasteiger partial charge >= 0.3 is 0 Å². The fourth-order valence-corrected chi connectivity index (χ4v) is 0.179. The second-order valence-corrected chi connectivity index (χ2v) is 1.27. The summed E-state index contributed by atoms with van der Waals surface area (Å²) >= 11 is 2.77. The topological polar surface area (TPSA) is 20.2 Å². The van der Waals surface area contributed by atoms with Crippen molar-refractivity contribution in [3.05, 3.63) is 12.1 Å². The number of halogens is 2. The van der Waals surface area contributed by atoms with Crippen molar-refractivity contribution in [3.63, 3.8) is 0 Å². The zero-order chi connectivity index (χ0) is 4.99. The first kappa shape index (κ1) is 5.95. The van der Waals surface area contributed by atoms with Gasteiger partial charge in [-0.3, -0.25) is 0 Å². The molecule has 0 aromatic heterocycles. The summed E-state index contributed by atoms with van der Waals surface area (Å²) in [6, 6.07) is 0. The minimum atomic E-state index is -0.560. The lowest BCUT2D eigenvalue weighted by Gasteiger charge is -1.77. The summed E-state index contributed by atoms with van der Waals surface area (Å²) < 4.78 is 11.4. The zero-order valence-corrected chi connectivity index (χ0v) is 4.57. The SMILES string of the molecule is O/C=C(/F)CBr. The van der Waals surface area contributed by atoms with E-state index < -0.39 is 5.83 Å². The van der Waals surface area contributed by atoms with Crippen molar-refractivity contribution in [2.45, 2.75) is 0 Å². The highest BCUT2D eigenvalue weighted by Gasteiger charge is 1.83. The van der Waals surface area contributed by atoms with E-state index in [1.807, 2.05) is 0 Å². The number of aliphatic hydroxyl groups excluding tert-OH is 1. The maximum Gasteiger partial charge on any atom is 0.144 e. The largest absolute Gasteiger partial charge is 0.513 e. The summed E-state index contributed by atoms with van der Waals surface area (Å²) in [4.78, 5) is 0. The summed E-state index contributed by atoms with van der Waals surface area (Å²) in [6.45, 7) is 0. The molecule has 0 aromatic rings. The molecular formula is C3H4BrFO. The molecule has 0 saturated carbocycles. The fraction of sp³-hybridized carbons (Fsp3) is 0.333. The molecule has 0 atom stereocenters. The molecule has 0 aliphatic heterocycles. The average Bonchev–Trinajstić information content (AvgIpc) is 1.65. The number of hydrogen-bond donors (Lipinski definition) is 1. The molecule has 36 valence electrons. The molecular weight excluding hydrogens is 151 g/mol. The van der Waals surface area contributed by atoms with Crippen molar-refractivity contribution in [2.75, 3.05) is 5.33 Å². The highest BCUT2D eigenvalue weighted by Crippen LogP contribution is 1.96. The molecule has 0 amide bonds. The van der Waals surface area contributed by atoms with Gasteiger partial charge < -0.3 is 5.11 Å². The summed E-state index contributed by atoms with van der Waals surface area (Å²) in [7, 11) is 0. The first-order valence-corrected chi connectivity index (χ1v) is 2.48. The molecule has 3 heteroatoms. The molecule has 0 aliphatic rings. The van der Waals surface area contributed by atoms with Gasteiger partial charge in [-0.15, -0.1) is 0 Å². The third-order valence-corrected chi connectivity index (χ3v) is 0.803. The first-order valence-electron chi connectivity index (χ1n) is 1.36. The summed E-state index contributed by atoms with van der Waals surface area (Å²) in [5, 5.41) is 7.85. The van der Waals surface area contributed by atoms with E-state index in [0.29, 0.717) is 6.26 Å². The van der Waals surface area contributed by atoms with Crippen molar-refractivity contribution >= 4 is 15.9 Å². The van der Waals surface area contributed by atoms with Crippen molar-refractivity contribution in [2.24, 2.45) is 0 Å². The Morgan fingerprint density at radius 1 is 2.00 bits per heavy atom. The van der Waals surface area contributed by atoms with Crippen LogP contribution in [0.4, 0.5) is 4.39 Å². The van der Waals surface area contributed by atoms with Crippen LogP contribution in [0.15, 0.2) is 12.1 Å². The van der Waals surface area contributed by atoms with Crippen molar-refractivity contribution in [3.8, 4) is 0 Å². The van der Waals surface area contributed by atoms with E-state index in [1.54, 1.807) is 0 Å². The van der Waals surface area contributed by atoms with Crippen molar-refractivity contribution in [1.82, 2.24) is 0 Å². The van der Waals surface area contributed by atoms with Crippen LogP contribution in [0.25, 0.3) is 0 Å². The molecule has 0 rings (SSSR count). The van der Waals surface area contributed by atoms with Gasteiger partial charge in [0.15, 0.2) is 0 Å². The quantitative estimate of drug-likeness (QED) is 0.451. The van der Waals surface area contributed by atoms with Crippen LogP contribution >= 0.6 is 15.9 Å². The summed E-state index contributed by atoms with van der Waals surface area (Å²) in [6.07, 6.45) is 0.425. The van der Waals surface area contributed by atoms with Crippen LogP contribution in [0.3, 0.4) is 0 Å². The van der Waals surface area contributed by atoms with E-state index in [0.717, 1.165) is 0 Å². The molecule has 0 spiro atoms. The van der Waals surface area contributed by atoms with E-state index in [1.165, 1.54) is 0 Å². The Hall–Kier alpha value is -0.0500. The fourth-order valence-electron chi connectivity index (χ4n) is 0.0345. The van der Waals surface area contributed by atoms with E-state index >= 15 is 0 Å². The molecule has 1 nitrogen and oxygen atoms in total. The molecule has 0 aromatic carbocycles. The van der Waals surface area contributed by atoms with Crippen LogP contribution in [0.1, 0.15) is 0 Å². The second kappa shape index (κ2) is 3.15. The van der Waals surface area contributed by atoms with Crippen LogP contribution in [-0.2, 0) is 0 Å². The smallest absolute Gasteiger partial charge is 0.144 e. The number of allylic oxidation sites excluding steroid dienone is 1. The highest BCUT2D eigenvalue weighted by molar-refractivity contribution is 9.09. The lowest BCUT2D eigenvalue weighted by atomic mass is 10.7. The first-order chi connectivity index (χ1) is 2.81. The zero-order valence-electron chi connectivity index (χ0n) is 2.99. The van der Waals surface area contributed by atoms with E-state index in [4.69, 9.17) is 5.11 Å². The normalized spacial score (nSPS) is 12.0. The predicted molar refractivity (Wildman–Crippen MR) is 25.6 cm³/mol. The number of rotatable bonds is 1. The third-order valence-electron chi connectivity index (χ3n) is 0.268. The standard InChI is InChI=1S/C3H4BrFO/c4-1-3(5)2-6/h2,6H,1H2/b3-2+. The molecule has 0 unspecified atom stereocenters. The average molecular weight is 155 g/mol. The Bertz CT molecular complexity index is 61.8. The van der Waals surface area contributed by atoms with Gasteiger partial charge in [-0.1, -0.05) is 15.9 Å². The van der Waals surface area contributed by atoms with Gasteiger partial charge in [0.05, 0.1) is 5.33 Å². The van der Waals surface area contributed by atoms with Crippen LogP contribution in [0.5, 0.6) is 0 Å². The Kier molecular flexibility index (Phi) is 3.13. The molecule has 0 saturated heterocycles. The van der Waals surface area contributed by atoms with Crippen LogP contribution in [0.2, 0.25) is 0 Å². The maximum absolute atomic E-state index is 11.4. The molecule has 0 heterocycles. The van der Waals surface area contributed by atoms with Gasteiger partial charge in [0.25, 0.3) is 0 Å². The third kappa shape index (κ3) is 2.20. The Morgan fingerprint density at radius 3 is 2.50 bits per heavy atom. The molecule has 0 aliphatic carbocycles. The Balaban J connectivity index is 3.22. The lowest BCUT2D eigenvalue weighted by molar-refractivity contribution is 0.442. The molecule has 1 N–H and O–H groups in total. The van der Waals surface area contributed by atoms with Crippen LogP contribution in [0, 0.1) is 0 Å². The van der Waals surface area contributed by atoms with Gasteiger partial charge in [0.1, 0.15) is 12.1 Å². The number of aliphatic hydroxyl groups is 1. The Labute approximate surface area is 43.6 Å². The molecule has 6 heavy (non-hydrogen) atoms. The lowest BCUT2D eigenvalue weighted by Crippen LogP contribution is -1.68. The monoisotopic (exact) mass is 154 g/mol. The molecule has 0 fully saturated rings. The highest BCUT2D eigenvalue weighted by atomic mass is 79.9. The van der Waals surface area contributed by atoms with Gasteiger partial charge in [-0.2, -0.15) is 0 Å². The second-order valence-electron chi connectivity index (χ2n) is 0.710. The molecule has 0 bridgehead atoms. The van der Waals surface area contributed by atoms with E-state index in [9.17, 15) is 4.39 Å². The summed E-state index contributed by atoms with van der Waals surface area (Å²) in [5.41, 5.74) is 0. The van der Waals surface area contributed by atoms with E-state index in [-0.39, 0.29) is 5.33 Å². The summed E-state index contributed by atoms with van der Waals surface area (Å²) in [5.74, 6) is -0.560. The van der Waals surface area contributed by atoms with E-state index in [2.05, 4.69) is 15.9 Å².